The highest BCUT2D eigenvalue weighted by molar-refractivity contribution is 5.64. The summed E-state index contributed by atoms with van der Waals surface area (Å²) in [5.41, 5.74) is 1.45. The van der Waals surface area contributed by atoms with E-state index in [0.29, 0.717) is 5.56 Å². The molecule has 0 aliphatic heterocycles. The lowest BCUT2D eigenvalue weighted by Crippen LogP contribution is -2.19. The van der Waals surface area contributed by atoms with Crippen LogP contribution >= 0.6 is 0 Å². The van der Waals surface area contributed by atoms with Gasteiger partial charge in [0.1, 0.15) is 11.8 Å². The zero-order chi connectivity index (χ0) is 16.3. The molecule has 0 N–H and O–H groups in total. The zero-order valence-electron chi connectivity index (χ0n) is 12.1. The second-order valence-electron chi connectivity index (χ2n) is 4.98. The summed E-state index contributed by atoms with van der Waals surface area (Å²) in [7, 11) is 0. The molecule has 7 heteroatoms. The smallest absolute Gasteiger partial charge is 0.422 e. The molecule has 2 aromatic rings. The summed E-state index contributed by atoms with van der Waals surface area (Å²) in [6.45, 7) is 2.46. The van der Waals surface area contributed by atoms with E-state index in [1.54, 1.807) is 23.0 Å². The van der Waals surface area contributed by atoms with Crippen molar-refractivity contribution in [3.8, 4) is 23.1 Å². The van der Waals surface area contributed by atoms with E-state index in [2.05, 4.69) is 5.10 Å². The molecular formula is C15H14F3N3O. The molecule has 0 radical (unpaired) electrons. The topological polar surface area (TPSA) is 50.8 Å². The molecule has 1 heterocycles. The summed E-state index contributed by atoms with van der Waals surface area (Å²) in [5, 5.41) is 13.2. The fourth-order valence-electron chi connectivity index (χ4n) is 2.01. The molecule has 4 nitrogen and oxygen atoms in total. The molecule has 2 rings (SSSR count). The predicted octanol–water partition coefficient (Wildman–Crippen LogP) is 3.94. The lowest BCUT2D eigenvalue weighted by Gasteiger charge is -2.14. The Bertz CT molecular complexity index is 699. The molecule has 116 valence electrons. The largest absolute Gasteiger partial charge is 0.483 e. The third kappa shape index (κ3) is 3.58. The number of rotatable bonds is 4. The molecule has 0 saturated carbocycles. The molecule has 0 fully saturated rings. The van der Waals surface area contributed by atoms with Crippen LogP contribution in [0.3, 0.4) is 0 Å². The Morgan fingerprint density at radius 3 is 2.64 bits per heavy atom. The number of benzene rings is 1. The van der Waals surface area contributed by atoms with Gasteiger partial charge in [-0.2, -0.15) is 23.5 Å². The lowest BCUT2D eigenvalue weighted by molar-refractivity contribution is -0.153. The summed E-state index contributed by atoms with van der Waals surface area (Å²) in [5.74, 6) is -0.0890. The molecule has 0 spiro atoms. The Morgan fingerprint density at radius 2 is 2.05 bits per heavy atom. The molecule has 0 bridgehead atoms. The van der Waals surface area contributed by atoms with Crippen molar-refractivity contribution in [2.24, 2.45) is 0 Å². The molecule has 0 atom stereocenters. The van der Waals surface area contributed by atoms with Crippen molar-refractivity contribution in [1.82, 2.24) is 9.78 Å². The third-order valence-corrected chi connectivity index (χ3v) is 2.95. The SMILES string of the molecule is CC(C)n1nccc1-c1ccc(C#N)c(OCC(F)(F)F)c1. The fourth-order valence-corrected chi connectivity index (χ4v) is 2.01. The first-order valence-electron chi connectivity index (χ1n) is 6.59. The second kappa shape index (κ2) is 6.10. The lowest BCUT2D eigenvalue weighted by atomic mass is 10.1. The molecule has 0 saturated heterocycles. The van der Waals surface area contributed by atoms with Gasteiger partial charge in [0.15, 0.2) is 6.61 Å². The van der Waals surface area contributed by atoms with E-state index in [-0.39, 0.29) is 17.4 Å². The van der Waals surface area contributed by atoms with Gasteiger partial charge >= 0.3 is 6.18 Å². The van der Waals surface area contributed by atoms with E-state index >= 15 is 0 Å². The van der Waals surface area contributed by atoms with Crippen LogP contribution in [0.5, 0.6) is 5.75 Å². The summed E-state index contributed by atoms with van der Waals surface area (Å²) in [6, 6.07) is 8.22. The van der Waals surface area contributed by atoms with Gasteiger partial charge in [0, 0.05) is 17.8 Å². The van der Waals surface area contributed by atoms with Crippen molar-refractivity contribution in [3.05, 3.63) is 36.0 Å². The van der Waals surface area contributed by atoms with Crippen molar-refractivity contribution in [2.75, 3.05) is 6.61 Å². The van der Waals surface area contributed by atoms with Gasteiger partial charge in [0.25, 0.3) is 0 Å². The summed E-state index contributed by atoms with van der Waals surface area (Å²) < 4.78 is 43.4. The van der Waals surface area contributed by atoms with Gasteiger partial charge in [-0.25, -0.2) is 0 Å². The average Bonchev–Trinajstić information content (AvgIpc) is 2.93. The molecule has 22 heavy (non-hydrogen) atoms. The van der Waals surface area contributed by atoms with Gasteiger partial charge in [-0.15, -0.1) is 0 Å². The number of hydrogen-bond acceptors (Lipinski definition) is 3. The summed E-state index contributed by atoms with van der Waals surface area (Å²) in [6.07, 6.45) is -2.84. The maximum absolute atomic E-state index is 12.3. The quantitative estimate of drug-likeness (QED) is 0.859. The highest BCUT2D eigenvalue weighted by Gasteiger charge is 2.29. The molecule has 0 amide bonds. The van der Waals surface area contributed by atoms with Crippen LogP contribution in [0, 0.1) is 11.3 Å². The predicted molar refractivity (Wildman–Crippen MR) is 74.3 cm³/mol. The Balaban J connectivity index is 2.39. The second-order valence-corrected chi connectivity index (χ2v) is 4.98. The Labute approximate surface area is 125 Å². The highest BCUT2D eigenvalue weighted by atomic mass is 19.4. The minimum atomic E-state index is -4.46. The molecular weight excluding hydrogens is 295 g/mol. The van der Waals surface area contributed by atoms with Gasteiger partial charge in [0.2, 0.25) is 0 Å². The van der Waals surface area contributed by atoms with E-state index in [4.69, 9.17) is 10.00 Å². The van der Waals surface area contributed by atoms with E-state index in [0.717, 1.165) is 5.69 Å². The van der Waals surface area contributed by atoms with Crippen molar-refractivity contribution < 1.29 is 17.9 Å². The van der Waals surface area contributed by atoms with Crippen LogP contribution in [0.25, 0.3) is 11.3 Å². The zero-order valence-corrected chi connectivity index (χ0v) is 12.1. The first-order valence-corrected chi connectivity index (χ1v) is 6.59. The van der Waals surface area contributed by atoms with E-state index in [9.17, 15) is 13.2 Å². The van der Waals surface area contributed by atoms with Crippen LogP contribution in [0.1, 0.15) is 25.5 Å². The standard InChI is InChI=1S/C15H14F3N3O/c1-10(2)21-13(5-6-20-21)11-3-4-12(8-19)14(7-11)22-9-15(16,17)18/h3-7,10H,9H2,1-2H3. The van der Waals surface area contributed by atoms with Crippen LogP contribution in [0.15, 0.2) is 30.5 Å². The fraction of sp³-hybridized carbons (Fsp3) is 0.333. The third-order valence-electron chi connectivity index (χ3n) is 2.95. The number of alkyl halides is 3. The van der Waals surface area contributed by atoms with Crippen LogP contribution < -0.4 is 4.74 Å². The number of aromatic nitrogens is 2. The van der Waals surface area contributed by atoms with Crippen LogP contribution in [-0.2, 0) is 0 Å². The molecule has 0 aliphatic rings. The van der Waals surface area contributed by atoms with Gasteiger partial charge in [-0.1, -0.05) is 6.07 Å². The Hall–Kier alpha value is -2.49. The molecule has 0 unspecified atom stereocenters. The van der Waals surface area contributed by atoms with Crippen molar-refractivity contribution >= 4 is 0 Å². The van der Waals surface area contributed by atoms with Crippen molar-refractivity contribution in [2.45, 2.75) is 26.1 Å². The number of halogens is 3. The molecule has 0 aliphatic carbocycles. The van der Waals surface area contributed by atoms with Gasteiger partial charge in [-0.3, -0.25) is 4.68 Å². The van der Waals surface area contributed by atoms with Crippen LogP contribution in [0.4, 0.5) is 13.2 Å². The first-order chi connectivity index (χ1) is 10.3. The average molecular weight is 309 g/mol. The summed E-state index contributed by atoms with van der Waals surface area (Å²) >= 11 is 0. The van der Waals surface area contributed by atoms with Gasteiger partial charge in [0.05, 0.1) is 11.3 Å². The minimum absolute atomic E-state index is 0.0589. The van der Waals surface area contributed by atoms with Crippen molar-refractivity contribution in [3.63, 3.8) is 0 Å². The Kier molecular flexibility index (Phi) is 4.40. The molecule has 1 aromatic carbocycles. The van der Waals surface area contributed by atoms with Gasteiger partial charge < -0.3 is 4.74 Å². The first kappa shape index (κ1) is 15.9. The Morgan fingerprint density at radius 1 is 1.32 bits per heavy atom. The number of ether oxygens (including phenoxy) is 1. The minimum Gasteiger partial charge on any atom is -0.483 e. The van der Waals surface area contributed by atoms with Crippen LogP contribution in [-0.4, -0.2) is 22.6 Å². The maximum atomic E-state index is 12.3. The highest BCUT2D eigenvalue weighted by Crippen LogP contribution is 2.29. The maximum Gasteiger partial charge on any atom is 0.422 e. The van der Waals surface area contributed by atoms with Crippen LogP contribution in [0.2, 0.25) is 0 Å². The number of nitriles is 1. The van der Waals surface area contributed by atoms with Gasteiger partial charge in [-0.05, 0) is 32.0 Å². The van der Waals surface area contributed by atoms with E-state index in [1.807, 2.05) is 19.9 Å². The van der Waals surface area contributed by atoms with E-state index in [1.165, 1.54) is 12.1 Å². The number of nitrogens with zero attached hydrogens (tertiary/aromatic N) is 3. The number of hydrogen-bond donors (Lipinski definition) is 0. The van der Waals surface area contributed by atoms with Crippen molar-refractivity contribution in [1.29, 1.82) is 5.26 Å². The van der Waals surface area contributed by atoms with E-state index < -0.39 is 12.8 Å². The summed E-state index contributed by atoms with van der Waals surface area (Å²) in [4.78, 5) is 0. The molecule has 1 aromatic heterocycles. The monoisotopic (exact) mass is 309 g/mol. The normalized spacial score (nSPS) is 11.5.